The van der Waals surface area contributed by atoms with Crippen LogP contribution in [0.3, 0.4) is 0 Å². The van der Waals surface area contributed by atoms with E-state index in [1.807, 2.05) is 11.8 Å². The summed E-state index contributed by atoms with van der Waals surface area (Å²) in [6.45, 7) is 1.11. The summed E-state index contributed by atoms with van der Waals surface area (Å²) < 4.78 is 29.6. The van der Waals surface area contributed by atoms with Crippen molar-refractivity contribution in [2.45, 2.75) is 45.0 Å². The normalized spacial score (nSPS) is 25.6. The van der Waals surface area contributed by atoms with E-state index in [9.17, 15) is 13.6 Å². The zero-order valence-electron chi connectivity index (χ0n) is 12.5. The third kappa shape index (κ3) is 2.92. The molecule has 22 heavy (non-hydrogen) atoms. The maximum Gasteiger partial charge on any atom is 0.387 e. The van der Waals surface area contributed by atoms with E-state index in [0.717, 1.165) is 25.9 Å². The first-order valence-electron chi connectivity index (χ1n) is 7.63. The van der Waals surface area contributed by atoms with Crippen LogP contribution < -0.4 is 4.74 Å². The number of hydrogen-bond acceptors (Lipinski definition) is 3. The third-order valence-electron chi connectivity index (χ3n) is 4.57. The van der Waals surface area contributed by atoms with E-state index in [4.69, 9.17) is 0 Å². The summed E-state index contributed by atoms with van der Waals surface area (Å²) in [4.78, 5) is 16.4. The molecule has 0 unspecified atom stereocenters. The van der Waals surface area contributed by atoms with Gasteiger partial charge < -0.3 is 9.64 Å². The number of carbonyl (C=O) groups excluding carboxylic acids is 1. The molecule has 2 saturated heterocycles. The summed E-state index contributed by atoms with van der Waals surface area (Å²) in [5.74, 6) is 0.326. The molecule has 120 valence electrons. The number of hydrogen-bond donors (Lipinski definition) is 0. The smallest absolute Gasteiger partial charge is 0.387 e. The summed E-state index contributed by atoms with van der Waals surface area (Å²) in [7, 11) is 0. The van der Waals surface area contributed by atoms with Crippen LogP contribution in [0, 0.1) is 0 Å². The molecule has 1 aromatic carbocycles. The van der Waals surface area contributed by atoms with E-state index in [0.29, 0.717) is 12.1 Å². The van der Waals surface area contributed by atoms with Gasteiger partial charge in [0.15, 0.2) is 0 Å². The molecule has 6 heteroatoms. The number of alkyl halides is 2. The fourth-order valence-corrected chi connectivity index (χ4v) is 3.41. The van der Waals surface area contributed by atoms with E-state index < -0.39 is 6.61 Å². The lowest BCUT2D eigenvalue weighted by Gasteiger charge is -2.41. The molecule has 2 atom stereocenters. The zero-order valence-corrected chi connectivity index (χ0v) is 12.5. The summed E-state index contributed by atoms with van der Waals surface area (Å²) >= 11 is 0. The number of fused-ring (bicyclic) bond motifs is 1. The highest BCUT2D eigenvalue weighted by Gasteiger charge is 2.40. The average molecular weight is 310 g/mol. The van der Waals surface area contributed by atoms with Crippen molar-refractivity contribution >= 4 is 5.91 Å². The van der Waals surface area contributed by atoms with E-state index in [1.165, 1.54) is 0 Å². The van der Waals surface area contributed by atoms with E-state index in [2.05, 4.69) is 9.64 Å². The molecule has 3 rings (SSSR count). The molecule has 1 aromatic rings. The molecular formula is C16H20F2N2O2. The lowest BCUT2D eigenvalue weighted by atomic mass is 10.1. The van der Waals surface area contributed by atoms with Crippen molar-refractivity contribution < 1.29 is 18.3 Å². The maximum absolute atomic E-state index is 12.5. The lowest BCUT2D eigenvalue weighted by Crippen LogP contribution is -2.58. The Balaban J connectivity index is 1.76. The van der Waals surface area contributed by atoms with Crippen molar-refractivity contribution in [2.75, 3.05) is 13.1 Å². The number of halogens is 2. The molecule has 2 aliphatic rings. The van der Waals surface area contributed by atoms with Gasteiger partial charge >= 0.3 is 6.61 Å². The van der Waals surface area contributed by atoms with Crippen LogP contribution in [0.1, 0.15) is 25.3 Å². The fraction of sp³-hybridized carbons (Fsp3) is 0.562. The number of benzene rings is 1. The zero-order chi connectivity index (χ0) is 15.7. The minimum Gasteiger partial charge on any atom is -0.434 e. The summed E-state index contributed by atoms with van der Waals surface area (Å²) in [5.41, 5.74) is 0.689. The first kappa shape index (κ1) is 15.2. The van der Waals surface area contributed by atoms with Crippen molar-refractivity contribution in [1.29, 1.82) is 0 Å². The second-order valence-corrected chi connectivity index (χ2v) is 5.92. The van der Waals surface area contributed by atoms with Crippen LogP contribution in [0.25, 0.3) is 0 Å². The van der Waals surface area contributed by atoms with Crippen molar-refractivity contribution in [2.24, 2.45) is 0 Å². The number of para-hydroxylation sites is 1. The van der Waals surface area contributed by atoms with Gasteiger partial charge in [0.05, 0.1) is 6.04 Å². The molecule has 1 amide bonds. The van der Waals surface area contributed by atoms with Gasteiger partial charge in [0.25, 0.3) is 0 Å². The summed E-state index contributed by atoms with van der Waals surface area (Å²) in [5, 5.41) is 0. The second kappa shape index (κ2) is 6.20. The molecule has 0 spiro atoms. The summed E-state index contributed by atoms with van der Waals surface area (Å²) in [6, 6.07) is 6.81. The fourth-order valence-electron chi connectivity index (χ4n) is 3.41. The van der Waals surface area contributed by atoms with E-state index >= 15 is 0 Å². The molecule has 0 N–H and O–H groups in total. The van der Waals surface area contributed by atoms with Gasteiger partial charge in [-0.15, -0.1) is 0 Å². The van der Waals surface area contributed by atoms with Crippen LogP contribution in [0.4, 0.5) is 8.78 Å². The van der Waals surface area contributed by atoms with E-state index in [1.54, 1.807) is 24.3 Å². The van der Waals surface area contributed by atoms with Crippen molar-refractivity contribution in [3.05, 3.63) is 29.8 Å². The van der Waals surface area contributed by atoms with Crippen molar-refractivity contribution in [3.63, 3.8) is 0 Å². The van der Waals surface area contributed by atoms with Gasteiger partial charge in [-0.1, -0.05) is 18.2 Å². The Morgan fingerprint density at radius 3 is 2.91 bits per heavy atom. The van der Waals surface area contributed by atoms with Crippen LogP contribution in [-0.2, 0) is 11.3 Å². The number of rotatable bonds is 4. The molecule has 0 aromatic heterocycles. The van der Waals surface area contributed by atoms with Gasteiger partial charge in [-0.2, -0.15) is 8.78 Å². The minimum atomic E-state index is -2.84. The Hall–Kier alpha value is -1.69. The SMILES string of the molecule is C[C@@H]1C(=O)N2CCC[C@H]2CN1Cc1ccccc1OC(F)F. The highest BCUT2D eigenvalue weighted by Crippen LogP contribution is 2.29. The Kier molecular flexibility index (Phi) is 4.29. The maximum atomic E-state index is 12.5. The second-order valence-electron chi connectivity index (χ2n) is 5.92. The average Bonchev–Trinajstić information content (AvgIpc) is 2.94. The number of piperazine rings is 1. The Bertz CT molecular complexity index is 553. The largest absolute Gasteiger partial charge is 0.434 e. The molecular weight excluding hydrogens is 290 g/mol. The van der Waals surface area contributed by atoms with Crippen LogP contribution in [0.15, 0.2) is 24.3 Å². The van der Waals surface area contributed by atoms with Gasteiger partial charge in [0.1, 0.15) is 5.75 Å². The van der Waals surface area contributed by atoms with Gasteiger partial charge in [0, 0.05) is 31.2 Å². The number of amides is 1. The Morgan fingerprint density at radius 1 is 1.36 bits per heavy atom. The predicted octanol–water partition coefficient (Wildman–Crippen LogP) is 2.48. The van der Waals surface area contributed by atoms with Crippen molar-refractivity contribution in [1.82, 2.24) is 9.80 Å². The topological polar surface area (TPSA) is 32.8 Å². The van der Waals surface area contributed by atoms with Crippen LogP contribution in [0.5, 0.6) is 5.75 Å². The van der Waals surface area contributed by atoms with Gasteiger partial charge in [0.2, 0.25) is 5.91 Å². The lowest BCUT2D eigenvalue weighted by molar-refractivity contribution is -0.143. The van der Waals surface area contributed by atoms with E-state index in [-0.39, 0.29) is 23.7 Å². The quantitative estimate of drug-likeness (QED) is 0.856. The van der Waals surface area contributed by atoms with Crippen LogP contribution >= 0.6 is 0 Å². The molecule has 0 aliphatic carbocycles. The molecule has 0 saturated carbocycles. The molecule has 0 bridgehead atoms. The van der Waals surface area contributed by atoms with Gasteiger partial charge in [-0.05, 0) is 25.8 Å². The molecule has 2 fully saturated rings. The highest BCUT2D eigenvalue weighted by atomic mass is 19.3. The number of carbonyl (C=O) groups is 1. The molecule has 2 heterocycles. The monoisotopic (exact) mass is 310 g/mol. The number of nitrogens with zero attached hydrogens (tertiary/aromatic N) is 2. The number of ether oxygens (including phenoxy) is 1. The first-order chi connectivity index (χ1) is 10.6. The predicted molar refractivity (Wildman–Crippen MR) is 77.7 cm³/mol. The highest BCUT2D eigenvalue weighted by molar-refractivity contribution is 5.83. The minimum absolute atomic E-state index is 0.140. The van der Waals surface area contributed by atoms with Crippen molar-refractivity contribution in [3.8, 4) is 5.75 Å². The molecule has 4 nitrogen and oxygen atoms in total. The summed E-state index contributed by atoms with van der Waals surface area (Å²) in [6.07, 6.45) is 2.06. The van der Waals surface area contributed by atoms with Crippen LogP contribution in [0.2, 0.25) is 0 Å². The Labute approximate surface area is 128 Å². The third-order valence-corrected chi connectivity index (χ3v) is 4.57. The first-order valence-corrected chi connectivity index (χ1v) is 7.63. The van der Waals surface area contributed by atoms with Gasteiger partial charge in [-0.3, -0.25) is 9.69 Å². The standard InChI is InChI=1S/C16H20F2N2O2/c1-11-15(21)20-8-4-6-13(20)10-19(11)9-12-5-2-3-7-14(12)22-16(17)18/h2-3,5,7,11,13,16H,4,6,8-10H2,1H3/t11-,13+/m1/s1. The Morgan fingerprint density at radius 2 is 2.14 bits per heavy atom. The molecule has 0 radical (unpaired) electrons. The van der Waals surface area contributed by atoms with Crippen LogP contribution in [-0.4, -0.2) is 47.5 Å². The van der Waals surface area contributed by atoms with Gasteiger partial charge in [-0.25, -0.2) is 0 Å². The molecule has 2 aliphatic heterocycles.